The van der Waals surface area contributed by atoms with Gasteiger partial charge in [-0.2, -0.15) is 0 Å². The third kappa shape index (κ3) is 3.93. The van der Waals surface area contributed by atoms with E-state index in [0.717, 1.165) is 22.6 Å². The molecule has 4 nitrogen and oxygen atoms in total. The predicted molar refractivity (Wildman–Crippen MR) is 70.3 cm³/mol. The maximum Gasteiger partial charge on any atom is 0.287 e. The van der Waals surface area contributed by atoms with Crippen molar-refractivity contribution in [3.63, 3.8) is 0 Å². The van der Waals surface area contributed by atoms with Crippen molar-refractivity contribution < 1.29 is 14.3 Å². The monoisotopic (exact) mass is 301 g/mol. The van der Waals surface area contributed by atoms with Gasteiger partial charge in [0.25, 0.3) is 4.82 Å². The molecule has 1 amide bonds. The molecule has 0 fully saturated rings. The summed E-state index contributed by atoms with van der Waals surface area (Å²) < 4.78 is 10.6. The lowest BCUT2D eigenvalue weighted by Crippen LogP contribution is -2.19. The Morgan fingerprint density at radius 1 is 1.29 bits per heavy atom. The number of ether oxygens (including phenoxy) is 2. The lowest BCUT2D eigenvalue weighted by Gasteiger charge is -2.13. The van der Waals surface area contributed by atoms with Gasteiger partial charge in [0.15, 0.2) is 0 Å². The molecule has 0 aromatic heterocycles. The molecule has 17 heavy (non-hydrogen) atoms. The van der Waals surface area contributed by atoms with Gasteiger partial charge in [-0.25, -0.2) is 0 Å². The smallest absolute Gasteiger partial charge is 0.287 e. The molecule has 0 aliphatic carbocycles. The molecule has 0 saturated heterocycles. The summed E-state index contributed by atoms with van der Waals surface area (Å²) in [5.74, 6) is 1.64. The summed E-state index contributed by atoms with van der Waals surface area (Å²) in [6.07, 6.45) is 0.692. The Balaban J connectivity index is 2.84. The van der Waals surface area contributed by atoms with E-state index in [0.29, 0.717) is 13.0 Å². The minimum absolute atomic E-state index is 0.212. The van der Waals surface area contributed by atoms with Crippen LogP contribution in [0.4, 0.5) is 4.79 Å². The van der Waals surface area contributed by atoms with Crippen LogP contribution in [0.2, 0.25) is 0 Å². The highest BCUT2D eigenvalue weighted by Crippen LogP contribution is 2.28. The number of amides is 1. The number of hydrogen-bond acceptors (Lipinski definition) is 3. The van der Waals surface area contributed by atoms with E-state index in [1.165, 1.54) is 0 Å². The van der Waals surface area contributed by atoms with Crippen LogP contribution >= 0.6 is 15.9 Å². The highest BCUT2D eigenvalue weighted by atomic mass is 79.9. The Bertz CT molecular complexity index is 407. The third-order valence-electron chi connectivity index (χ3n) is 2.46. The van der Waals surface area contributed by atoms with Gasteiger partial charge in [-0.05, 0) is 36.6 Å². The Morgan fingerprint density at radius 2 is 1.94 bits per heavy atom. The van der Waals surface area contributed by atoms with E-state index < -0.39 is 0 Å². The predicted octanol–water partition coefficient (Wildman–Crippen LogP) is 2.66. The average Bonchev–Trinajstić information content (AvgIpc) is 2.30. The zero-order valence-corrected chi connectivity index (χ0v) is 11.8. The molecule has 0 atom stereocenters. The largest absolute Gasteiger partial charge is 0.496 e. The standard InChI is InChI=1S/C12H16BrNO3/c1-8-6-11(17-3)9(7-10(8)16-2)4-5-14-12(13)15/h6-7H,4-5H2,1-3H3,(H,14,15). The molecular weight excluding hydrogens is 286 g/mol. The van der Waals surface area contributed by atoms with E-state index >= 15 is 0 Å². The number of aryl methyl sites for hydroxylation is 1. The van der Waals surface area contributed by atoms with Crippen molar-refractivity contribution in [1.82, 2.24) is 5.32 Å². The van der Waals surface area contributed by atoms with Gasteiger partial charge in [0, 0.05) is 22.5 Å². The number of carbonyl (C=O) groups is 1. The number of methoxy groups -OCH3 is 2. The van der Waals surface area contributed by atoms with Crippen LogP contribution in [0.1, 0.15) is 11.1 Å². The van der Waals surface area contributed by atoms with Crippen LogP contribution in [-0.2, 0) is 6.42 Å². The van der Waals surface area contributed by atoms with Crippen molar-refractivity contribution in [3.8, 4) is 11.5 Å². The first-order valence-electron chi connectivity index (χ1n) is 5.23. The summed E-state index contributed by atoms with van der Waals surface area (Å²) in [7, 11) is 3.27. The minimum Gasteiger partial charge on any atom is -0.496 e. The summed E-state index contributed by atoms with van der Waals surface area (Å²) in [6, 6.07) is 3.87. The zero-order valence-electron chi connectivity index (χ0n) is 10.2. The second-order valence-electron chi connectivity index (χ2n) is 3.58. The van der Waals surface area contributed by atoms with E-state index in [2.05, 4.69) is 21.2 Å². The molecule has 0 aliphatic heterocycles. The Labute approximate surface area is 109 Å². The molecule has 0 saturated carbocycles. The van der Waals surface area contributed by atoms with Crippen molar-refractivity contribution in [2.45, 2.75) is 13.3 Å². The Morgan fingerprint density at radius 3 is 2.47 bits per heavy atom. The molecule has 0 heterocycles. The zero-order chi connectivity index (χ0) is 12.8. The fraction of sp³-hybridized carbons (Fsp3) is 0.417. The highest BCUT2D eigenvalue weighted by molar-refractivity contribution is 9.18. The van der Waals surface area contributed by atoms with Crippen molar-refractivity contribution in [1.29, 1.82) is 0 Å². The van der Waals surface area contributed by atoms with Crippen molar-refractivity contribution in [2.24, 2.45) is 0 Å². The van der Waals surface area contributed by atoms with Gasteiger partial charge in [0.05, 0.1) is 14.2 Å². The number of rotatable bonds is 5. The van der Waals surface area contributed by atoms with Gasteiger partial charge in [0.1, 0.15) is 11.5 Å². The normalized spacial score (nSPS) is 9.88. The topological polar surface area (TPSA) is 47.6 Å². The molecule has 1 N–H and O–H groups in total. The molecule has 94 valence electrons. The first-order valence-corrected chi connectivity index (χ1v) is 6.02. The fourth-order valence-corrected chi connectivity index (χ4v) is 1.80. The van der Waals surface area contributed by atoms with Gasteiger partial charge in [-0.3, -0.25) is 4.79 Å². The van der Waals surface area contributed by atoms with Crippen molar-refractivity contribution in [3.05, 3.63) is 23.3 Å². The van der Waals surface area contributed by atoms with Crippen molar-refractivity contribution in [2.75, 3.05) is 20.8 Å². The number of carbonyl (C=O) groups excluding carboxylic acids is 1. The van der Waals surface area contributed by atoms with Gasteiger partial charge in [0.2, 0.25) is 0 Å². The van der Waals surface area contributed by atoms with Crippen LogP contribution in [0.25, 0.3) is 0 Å². The SMILES string of the molecule is COc1cc(CCNC(=O)Br)c(OC)cc1C. The highest BCUT2D eigenvalue weighted by Gasteiger charge is 2.08. The molecule has 0 unspecified atom stereocenters. The number of nitrogens with one attached hydrogen (secondary N) is 1. The lowest BCUT2D eigenvalue weighted by atomic mass is 10.1. The minimum atomic E-state index is -0.212. The molecule has 0 radical (unpaired) electrons. The number of hydrogen-bond donors (Lipinski definition) is 1. The van der Waals surface area contributed by atoms with Crippen molar-refractivity contribution >= 4 is 20.7 Å². The van der Waals surface area contributed by atoms with Crippen LogP contribution in [0.3, 0.4) is 0 Å². The molecule has 0 spiro atoms. The maximum absolute atomic E-state index is 10.7. The molecule has 5 heteroatoms. The Kier molecular flexibility index (Phi) is 5.28. The average molecular weight is 302 g/mol. The summed E-state index contributed by atoms with van der Waals surface area (Å²) in [5, 5.41) is 2.68. The van der Waals surface area contributed by atoms with Gasteiger partial charge in [-0.1, -0.05) is 0 Å². The van der Waals surface area contributed by atoms with Gasteiger partial charge in [-0.15, -0.1) is 0 Å². The van der Waals surface area contributed by atoms with Crippen LogP contribution in [-0.4, -0.2) is 25.6 Å². The maximum atomic E-state index is 10.7. The number of halogens is 1. The second kappa shape index (κ2) is 6.49. The van der Waals surface area contributed by atoms with E-state index in [1.54, 1.807) is 14.2 Å². The van der Waals surface area contributed by atoms with Crippen LogP contribution in [0.15, 0.2) is 12.1 Å². The lowest BCUT2D eigenvalue weighted by molar-refractivity contribution is 0.262. The second-order valence-corrected chi connectivity index (χ2v) is 4.30. The van der Waals surface area contributed by atoms with E-state index in [4.69, 9.17) is 9.47 Å². The molecule has 1 aromatic carbocycles. The fourth-order valence-electron chi connectivity index (χ4n) is 1.60. The molecular formula is C12H16BrNO3. The summed E-state index contributed by atoms with van der Waals surface area (Å²) in [4.78, 5) is 10.5. The summed E-state index contributed by atoms with van der Waals surface area (Å²) in [6.45, 7) is 2.51. The van der Waals surface area contributed by atoms with Crippen LogP contribution in [0.5, 0.6) is 11.5 Å². The molecule has 1 aromatic rings. The molecule has 1 rings (SSSR count). The van der Waals surface area contributed by atoms with E-state index in [1.807, 2.05) is 19.1 Å². The van der Waals surface area contributed by atoms with Crippen LogP contribution in [0, 0.1) is 6.92 Å². The summed E-state index contributed by atoms with van der Waals surface area (Å²) in [5.41, 5.74) is 2.04. The summed E-state index contributed by atoms with van der Waals surface area (Å²) >= 11 is 2.82. The van der Waals surface area contributed by atoms with E-state index in [-0.39, 0.29) is 4.82 Å². The third-order valence-corrected chi connectivity index (χ3v) is 2.74. The van der Waals surface area contributed by atoms with E-state index in [9.17, 15) is 4.79 Å². The first kappa shape index (κ1) is 13.8. The Hall–Kier alpha value is -1.23. The molecule has 0 bridgehead atoms. The van der Waals surface area contributed by atoms with Gasteiger partial charge < -0.3 is 14.8 Å². The van der Waals surface area contributed by atoms with Gasteiger partial charge >= 0.3 is 0 Å². The molecule has 0 aliphatic rings. The number of benzene rings is 1. The van der Waals surface area contributed by atoms with Crippen LogP contribution < -0.4 is 14.8 Å². The first-order chi connectivity index (χ1) is 8.08. The quantitative estimate of drug-likeness (QED) is 0.672.